The van der Waals surface area contributed by atoms with E-state index in [2.05, 4.69) is 64.1 Å². The third-order valence-electron chi connectivity index (χ3n) is 6.16. The van der Waals surface area contributed by atoms with Gasteiger partial charge < -0.3 is 0 Å². The van der Waals surface area contributed by atoms with Crippen LogP contribution in [0.25, 0.3) is 0 Å². The van der Waals surface area contributed by atoms with Gasteiger partial charge in [-0.3, -0.25) is 0 Å². The summed E-state index contributed by atoms with van der Waals surface area (Å²) < 4.78 is 0. The van der Waals surface area contributed by atoms with Crippen LogP contribution >= 0.6 is 0 Å². The minimum absolute atomic E-state index is 0.437. The minimum Gasteiger partial charge on any atom is -0.0654 e. The van der Waals surface area contributed by atoms with Crippen LogP contribution in [0.3, 0.4) is 0 Å². The monoisotopic (exact) mass is 408 g/mol. The van der Waals surface area contributed by atoms with Gasteiger partial charge in [-0.1, -0.05) is 100 Å². The van der Waals surface area contributed by atoms with Crippen molar-refractivity contribution in [3.05, 3.63) is 58.7 Å². The van der Waals surface area contributed by atoms with Crippen LogP contribution < -0.4 is 10.4 Å². The fourth-order valence-electron chi connectivity index (χ4n) is 4.19. The minimum atomic E-state index is -0.437. The molecule has 2 aromatic rings. The fraction of sp³-hybridized carbons (Fsp3) is 0.571. The summed E-state index contributed by atoms with van der Waals surface area (Å²) in [7, 11) is -0.437. The highest BCUT2D eigenvalue weighted by molar-refractivity contribution is 6.68. The van der Waals surface area contributed by atoms with Crippen LogP contribution in [-0.2, 0) is 25.7 Å². The Morgan fingerprint density at radius 3 is 1.28 bits per heavy atom. The zero-order valence-corrected chi connectivity index (χ0v) is 21.1. The molecule has 0 aliphatic heterocycles. The topological polar surface area (TPSA) is 0 Å². The van der Waals surface area contributed by atoms with E-state index < -0.39 is 9.52 Å². The maximum atomic E-state index is 2.59. The van der Waals surface area contributed by atoms with E-state index in [0.29, 0.717) is 0 Å². The highest BCUT2D eigenvalue weighted by Crippen LogP contribution is 2.12. The molecule has 0 saturated heterocycles. The van der Waals surface area contributed by atoms with E-state index in [1.54, 1.807) is 32.6 Å². The SMILES string of the molecule is CCCCc1ccc(CCCC)c([SiH2]c2cc(CCCC)ccc2CCCC)c1. The van der Waals surface area contributed by atoms with Crippen LogP contribution in [-0.4, -0.2) is 9.52 Å². The average Bonchev–Trinajstić information content (AvgIpc) is 2.75. The molecule has 2 aromatic carbocycles. The predicted octanol–water partition coefficient (Wildman–Crippen LogP) is 6.18. The molecule has 0 fully saturated rings. The third kappa shape index (κ3) is 8.13. The van der Waals surface area contributed by atoms with Gasteiger partial charge in [0.15, 0.2) is 0 Å². The van der Waals surface area contributed by atoms with Gasteiger partial charge in [0.2, 0.25) is 0 Å². The summed E-state index contributed by atoms with van der Waals surface area (Å²) in [6.45, 7) is 9.22. The molecule has 0 aromatic heterocycles. The average molecular weight is 409 g/mol. The molecule has 0 aliphatic rings. The summed E-state index contributed by atoms with van der Waals surface area (Å²) in [5.74, 6) is 0. The molecule has 0 amide bonds. The molecular formula is C28H44Si. The van der Waals surface area contributed by atoms with Crippen molar-refractivity contribution in [1.82, 2.24) is 0 Å². The Morgan fingerprint density at radius 1 is 0.517 bits per heavy atom. The molecule has 0 unspecified atom stereocenters. The first-order chi connectivity index (χ1) is 14.2. The molecule has 2 rings (SSSR count). The summed E-state index contributed by atoms with van der Waals surface area (Å²) in [4.78, 5) is 0. The maximum absolute atomic E-state index is 2.59. The molecule has 0 aliphatic carbocycles. The van der Waals surface area contributed by atoms with Crippen molar-refractivity contribution in [2.45, 2.75) is 105 Å². The van der Waals surface area contributed by atoms with Gasteiger partial charge in [0.05, 0.1) is 9.52 Å². The van der Waals surface area contributed by atoms with Gasteiger partial charge >= 0.3 is 0 Å². The zero-order valence-electron chi connectivity index (χ0n) is 19.7. The van der Waals surface area contributed by atoms with Crippen LogP contribution in [0.1, 0.15) is 101 Å². The van der Waals surface area contributed by atoms with E-state index >= 15 is 0 Å². The Morgan fingerprint density at radius 2 is 0.897 bits per heavy atom. The molecule has 0 heterocycles. The summed E-state index contributed by atoms with van der Waals surface area (Å²) >= 11 is 0. The molecule has 29 heavy (non-hydrogen) atoms. The van der Waals surface area contributed by atoms with Crippen molar-refractivity contribution in [3.63, 3.8) is 0 Å². The summed E-state index contributed by atoms with van der Waals surface area (Å²) in [6, 6.07) is 14.9. The van der Waals surface area contributed by atoms with Crippen molar-refractivity contribution in [3.8, 4) is 0 Å². The molecule has 0 nitrogen and oxygen atoms in total. The first-order valence-electron chi connectivity index (χ1n) is 12.4. The zero-order chi connectivity index (χ0) is 20.9. The van der Waals surface area contributed by atoms with Crippen molar-refractivity contribution in [1.29, 1.82) is 0 Å². The van der Waals surface area contributed by atoms with Crippen molar-refractivity contribution in [2.75, 3.05) is 0 Å². The lowest BCUT2D eigenvalue weighted by Crippen LogP contribution is -2.33. The summed E-state index contributed by atoms with van der Waals surface area (Å²) in [6.07, 6.45) is 15.4. The van der Waals surface area contributed by atoms with Gasteiger partial charge in [-0.25, -0.2) is 0 Å². The Bertz CT molecular complexity index is 655. The molecule has 1 heteroatoms. The lowest BCUT2D eigenvalue weighted by Gasteiger charge is -2.16. The Kier molecular flexibility index (Phi) is 11.4. The van der Waals surface area contributed by atoms with Gasteiger partial charge in [0.1, 0.15) is 0 Å². The van der Waals surface area contributed by atoms with E-state index in [1.165, 1.54) is 77.0 Å². The first kappa shape index (κ1) is 23.9. The number of aryl methyl sites for hydroxylation is 4. The van der Waals surface area contributed by atoms with Gasteiger partial charge in [0, 0.05) is 0 Å². The van der Waals surface area contributed by atoms with E-state index in [0.717, 1.165) is 0 Å². The summed E-state index contributed by atoms with van der Waals surface area (Å²) in [5, 5.41) is 3.44. The molecular weight excluding hydrogens is 364 g/mol. The molecule has 0 N–H and O–H groups in total. The van der Waals surface area contributed by atoms with E-state index in [4.69, 9.17) is 0 Å². The molecule has 0 atom stereocenters. The quantitative estimate of drug-likeness (QED) is 0.328. The standard InChI is InChI=1S/C28H44Si/c1-5-9-13-23-17-19-25(15-11-7-3)27(21-23)29-28-22-24(14-10-6-2)18-20-26(28)16-12-8-4/h17-22H,5-16,29H2,1-4H3. The van der Waals surface area contributed by atoms with E-state index in [-0.39, 0.29) is 0 Å². The van der Waals surface area contributed by atoms with Crippen molar-refractivity contribution < 1.29 is 0 Å². The maximum Gasteiger partial charge on any atom is 0.0882 e. The van der Waals surface area contributed by atoms with E-state index in [1.807, 2.05) is 0 Å². The van der Waals surface area contributed by atoms with Gasteiger partial charge in [-0.15, -0.1) is 0 Å². The summed E-state index contributed by atoms with van der Waals surface area (Å²) in [5.41, 5.74) is 6.40. The molecule has 0 spiro atoms. The second kappa shape index (κ2) is 13.8. The predicted molar refractivity (Wildman–Crippen MR) is 135 cm³/mol. The van der Waals surface area contributed by atoms with Gasteiger partial charge in [-0.2, -0.15) is 0 Å². The van der Waals surface area contributed by atoms with Crippen molar-refractivity contribution in [2.24, 2.45) is 0 Å². The lowest BCUT2D eigenvalue weighted by molar-refractivity contribution is 0.787. The third-order valence-corrected chi connectivity index (χ3v) is 8.24. The highest BCUT2D eigenvalue weighted by atomic mass is 28.2. The smallest absolute Gasteiger partial charge is 0.0654 e. The van der Waals surface area contributed by atoms with Gasteiger partial charge in [0.25, 0.3) is 0 Å². The highest BCUT2D eigenvalue weighted by Gasteiger charge is 2.11. The number of unbranched alkanes of at least 4 members (excludes halogenated alkanes) is 4. The van der Waals surface area contributed by atoms with Crippen LogP contribution in [0.5, 0.6) is 0 Å². The first-order valence-corrected chi connectivity index (χ1v) is 13.8. The second-order valence-corrected chi connectivity index (χ2v) is 10.7. The molecule has 0 bridgehead atoms. The largest absolute Gasteiger partial charge is 0.0882 e. The lowest BCUT2D eigenvalue weighted by atomic mass is 10.0. The van der Waals surface area contributed by atoms with Crippen molar-refractivity contribution >= 4 is 19.9 Å². The van der Waals surface area contributed by atoms with Crippen LogP contribution in [0.15, 0.2) is 36.4 Å². The molecule has 0 radical (unpaired) electrons. The molecule has 0 saturated carbocycles. The second-order valence-electron chi connectivity index (χ2n) is 8.80. The Labute approximate surface area is 183 Å². The van der Waals surface area contributed by atoms with Crippen LogP contribution in [0.4, 0.5) is 0 Å². The molecule has 160 valence electrons. The Balaban J connectivity index is 2.34. The van der Waals surface area contributed by atoms with Crippen LogP contribution in [0.2, 0.25) is 0 Å². The van der Waals surface area contributed by atoms with E-state index in [9.17, 15) is 0 Å². The Hall–Kier alpha value is -1.34. The van der Waals surface area contributed by atoms with Gasteiger partial charge in [-0.05, 0) is 73.6 Å². The normalized spacial score (nSPS) is 11.2. The van der Waals surface area contributed by atoms with Crippen LogP contribution in [0, 0.1) is 0 Å². The fourth-order valence-corrected chi connectivity index (χ4v) is 6.37. The number of benzene rings is 2. The number of hydrogen-bond donors (Lipinski definition) is 0. The number of rotatable bonds is 14. The number of hydrogen-bond acceptors (Lipinski definition) is 0.